The zero-order valence-electron chi connectivity index (χ0n) is 24.3. The summed E-state index contributed by atoms with van der Waals surface area (Å²) in [7, 11) is 0. The van der Waals surface area contributed by atoms with E-state index in [0.717, 1.165) is 39.1 Å². The Hall–Kier alpha value is -6.13. The molecule has 0 spiro atoms. The number of nitrogens with zero attached hydrogens (tertiary/aromatic N) is 3. The minimum atomic E-state index is 0.652. The zero-order chi connectivity index (χ0) is 29.7. The number of fused-ring (bicyclic) bond motifs is 6. The molecule has 0 bridgehead atoms. The highest BCUT2D eigenvalue weighted by atomic mass is 16.3. The molecular weight excluding hydrogens is 550 g/mol. The normalized spacial score (nSPS) is 11.6. The van der Waals surface area contributed by atoms with Crippen molar-refractivity contribution in [1.82, 2.24) is 9.55 Å². The molecule has 0 atom stereocenters. The first-order valence-electron chi connectivity index (χ1n) is 15.1. The van der Waals surface area contributed by atoms with E-state index in [2.05, 4.69) is 154 Å². The van der Waals surface area contributed by atoms with Gasteiger partial charge in [-0.05, 0) is 90.0 Å². The Morgan fingerprint density at radius 2 is 1.04 bits per heavy atom. The zero-order valence-corrected chi connectivity index (χ0v) is 24.3. The predicted molar refractivity (Wildman–Crippen MR) is 186 cm³/mol. The van der Waals surface area contributed by atoms with E-state index >= 15 is 0 Å². The monoisotopic (exact) mass is 577 g/mol. The third-order valence-electron chi connectivity index (χ3n) is 8.67. The van der Waals surface area contributed by atoms with E-state index in [-0.39, 0.29) is 0 Å². The third kappa shape index (κ3) is 4.19. The van der Waals surface area contributed by atoms with Crippen LogP contribution in [-0.2, 0) is 0 Å². The van der Waals surface area contributed by atoms with Gasteiger partial charge in [0.25, 0.3) is 0 Å². The van der Waals surface area contributed by atoms with Crippen molar-refractivity contribution in [2.75, 3.05) is 4.90 Å². The molecule has 3 aromatic heterocycles. The topological polar surface area (TPSA) is 34.2 Å². The number of rotatable bonds is 5. The average molecular weight is 578 g/mol. The fourth-order valence-electron chi connectivity index (χ4n) is 6.57. The van der Waals surface area contributed by atoms with Crippen molar-refractivity contribution < 1.29 is 4.42 Å². The molecule has 0 unspecified atom stereocenters. The highest BCUT2D eigenvalue weighted by Crippen LogP contribution is 2.40. The van der Waals surface area contributed by atoms with Crippen LogP contribution in [0.3, 0.4) is 0 Å². The molecular formula is C41H27N3O. The van der Waals surface area contributed by atoms with E-state index in [0.29, 0.717) is 5.71 Å². The largest absolute Gasteiger partial charge is 0.438 e. The second-order valence-corrected chi connectivity index (χ2v) is 11.3. The fourth-order valence-corrected chi connectivity index (χ4v) is 6.57. The summed E-state index contributed by atoms with van der Waals surface area (Å²) < 4.78 is 8.41. The molecule has 9 aromatic rings. The van der Waals surface area contributed by atoms with Gasteiger partial charge in [0.2, 0.25) is 5.71 Å². The minimum Gasteiger partial charge on any atom is -0.438 e. The average Bonchev–Trinajstić information content (AvgIpc) is 3.65. The molecule has 0 saturated heterocycles. The second kappa shape index (κ2) is 10.2. The van der Waals surface area contributed by atoms with Gasteiger partial charge in [0.15, 0.2) is 0 Å². The maximum Gasteiger partial charge on any atom is 0.227 e. The smallest absolute Gasteiger partial charge is 0.227 e. The Morgan fingerprint density at radius 3 is 1.76 bits per heavy atom. The third-order valence-corrected chi connectivity index (χ3v) is 8.67. The van der Waals surface area contributed by atoms with Crippen molar-refractivity contribution in [3.63, 3.8) is 0 Å². The number of benzene rings is 6. The Labute approximate surface area is 260 Å². The molecule has 9 rings (SSSR count). The summed E-state index contributed by atoms with van der Waals surface area (Å²) in [5.74, 6) is 0. The molecule has 212 valence electrons. The molecule has 4 heteroatoms. The van der Waals surface area contributed by atoms with E-state index in [9.17, 15) is 0 Å². The van der Waals surface area contributed by atoms with Crippen LogP contribution in [0.15, 0.2) is 168 Å². The predicted octanol–water partition coefficient (Wildman–Crippen LogP) is 11.2. The number of para-hydroxylation sites is 2. The Morgan fingerprint density at radius 1 is 0.467 bits per heavy atom. The molecule has 0 amide bonds. The lowest BCUT2D eigenvalue weighted by atomic mass is 10.0. The first-order chi connectivity index (χ1) is 22.3. The van der Waals surface area contributed by atoms with Crippen LogP contribution in [0.4, 0.5) is 17.1 Å². The number of furan rings is 1. The molecule has 3 heterocycles. The number of anilines is 3. The van der Waals surface area contributed by atoms with Crippen LogP contribution in [0.2, 0.25) is 0 Å². The standard InChI is InChI=1S/C41H27N3O/c1-2-9-28(10-3-1)29-16-18-30(19-17-29)43(33-24-25-40-37(27-33)36-13-8-26-42-41(36)45-40)31-20-22-32(23-21-31)44-38-14-6-4-11-34(38)35-12-5-7-15-39(35)44/h1-27H. The first kappa shape index (κ1) is 25.4. The lowest BCUT2D eigenvalue weighted by Gasteiger charge is -2.26. The summed E-state index contributed by atoms with van der Waals surface area (Å²) in [6.45, 7) is 0. The van der Waals surface area contributed by atoms with Crippen molar-refractivity contribution in [3.8, 4) is 16.8 Å². The van der Waals surface area contributed by atoms with Gasteiger partial charge in [-0.2, -0.15) is 0 Å². The van der Waals surface area contributed by atoms with Crippen LogP contribution in [0.1, 0.15) is 0 Å². The Balaban J connectivity index is 1.19. The first-order valence-corrected chi connectivity index (χ1v) is 15.1. The van der Waals surface area contributed by atoms with E-state index in [1.54, 1.807) is 6.20 Å². The van der Waals surface area contributed by atoms with E-state index in [1.165, 1.54) is 32.9 Å². The molecule has 0 fully saturated rings. The summed E-state index contributed by atoms with van der Waals surface area (Å²) in [4.78, 5) is 6.75. The van der Waals surface area contributed by atoms with Crippen molar-refractivity contribution in [2.45, 2.75) is 0 Å². The van der Waals surface area contributed by atoms with Gasteiger partial charge in [-0.1, -0.05) is 78.9 Å². The molecule has 6 aromatic carbocycles. The molecule has 0 radical (unpaired) electrons. The molecule has 0 aliphatic carbocycles. The molecule has 0 N–H and O–H groups in total. The highest BCUT2D eigenvalue weighted by Gasteiger charge is 2.17. The van der Waals surface area contributed by atoms with E-state index < -0.39 is 0 Å². The van der Waals surface area contributed by atoms with E-state index in [4.69, 9.17) is 4.42 Å². The summed E-state index contributed by atoms with van der Waals surface area (Å²) in [5.41, 5.74) is 10.6. The van der Waals surface area contributed by atoms with Crippen LogP contribution in [0.25, 0.3) is 60.7 Å². The lowest BCUT2D eigenvalue weighted by molar-refractivity contribution is 0.654. The van der Waals surface area contributed by atoms with Crippen molar-refractivity contribution in [2.24, 2.45) is 0 Å². The molecule has 0 aliphatic heterocycles. The van der Waals surface area contributed by atoms with Gasteiger partial charge >= 0.3 is 0 Å². The van der Waals surface area contributed by atoms with Crippen molar-refractivity contribution in [1.29, 1.82) is 0 Å². The van der Waals surface area contributed by atoms with Gasteiger partial charge in [-0.25, -0.2) is 4.98 Å². The van der Waals surface area contributed by atoms with Gasteiger partial charge in [0, 0.05) is 50.5 Å². The molecule has 4 nitrogen and oxygen atoms in total. The van der Waals surface area contributed by atoms with Gasteiger partial charge in [0.05, 0.1) is 11.0 Å². The van der Waals surface area contributed by atoms with Gasteiger partial charge in [0.1, 0.15) is 5.58 Å². The summed E-state index contributed by atoms with van der Waals surface area (Å²) in [6.07, 6.45) is 1.77. The van der Waals surface area contributed by atoms with Gasteiger partial charge < -0.3 is 13.9 Å². The van der Waals surface area contributed by atoms with Crippen LogP contribution in [0.5, 0.6) is 0 Å². The van der Waals surface area contributed by atoms with Crippen LogP contribution in [-0.4, -0.2) is 9.55 Å². The number of pyridine rings is 1. The highest BCUT2D eigenvalue weighted by molar-refractivity contribution is 6.09. The Kier molecular flexibility index (Phi) is 5.78. The molecule has 45 heavy (non-hydrogen) atoms. The second-order valence-electron chi connectivity index (χ2n) is 11.3. The van der Waals surface area contributed by atoms with Crippen LogP contribution < -0.4 is 4.90 Å². The van der Waals surface area contributed by atoms with Gasteiger partial charge in [-0.3, -0.25) is 0 Å². The van der Waals surface area contributed by atoms with Crippen molar-refractivity contribution >= 4 is 60.9 Å². The minimum absolute atomic E-state index is 0.652. The lowest BCUT2D eigenvalue weighted by Crippen LogP contribution is -2.10. The SMILES string of the molecule is c1ccc(-c2ccc(N(c3ccc(-n4c5ccccc5c5ccccc54)cc3)c3ccc4oc5ncccc5c4c3)cc2)cc1. The summed E-state index contributed by atoms with van der Waals surface area (Å²) in [6, 6.07) is 55.8. The number of aromatic nitrogens is 2. The van der Waals surface area contributed by atoms with Gasteiger partial charge in [-0.15, -0.1) is 0 Å². The quantitative estimate of drug-likeness (QED) is 0.204. The number of hydrogen-bond donors (Lipinski definition) is 0. The summed E-state index contributed by atoms with van der Waals surface area (Å²) in [5, 5.41) is 4.57. The Bertz CT molecular complexity index is 2420. The molecule has 0 aliphatic rings. The number of hydrogen-bond acceptors (Lipinski definition) is 3. The van der Waals surface area contributed by atoms with Crippen LogP contribution >= 0.6 is 0 Å². The summed E-state index contributed by atoms with van der Waals surface area (Å²) >= 11 is 0. The molecule has 0 saturated carbocycles. The van der Waals surface area contributed by atoms with E-state index in [1.807, 2.05) is 18.2 Å². The fraction of sp³-hybridized carbons (Fsp3) is 0. The maximum atomic E-state index is 6.06. The van der Waals surface area contributed by atoms with Crippen molar-refractivity contribution in [3.05, 3.63) is 164 Å². The van der Waals surface area contributed by atoms with Crippen LogP contribution in [0, 0.1) is 0 Å². The maximum absolute atomic E-state index is 6.06.